The molecule has 1 aliphatic heterocycles. The van der Waals surface area contributed by atoms with Crippen LogP contribution in [-0.2, 0) is 14.3 Å². The van der Waals surface area contributed by atoms with Gasteiger partial charge >= 0.3 is 5.97 Å². The Morgan fingerprint density at radius 1 is 0.935 bits per heavy atom. The van der Waals surface area contributed by atoms with Gasteiger partial charge in [-0.1, -0.05) is 99.3 Å². The molecule has 10 heteroatoms. The van der Waals surface area contributed by atoms with Crippen LogP contribution >= 0.6 is 43.5 Å². The molecule has 1 aromatic heterocycles. The van der Waals surface area contributed by atoms with E-state index in [4.69, 9.17) is 21.3 Å². The lowest BCUT2D eigenvalue weighted by atomic mass is 9.81. The number of esters is 1. The van der Waals surface area contributed by atoms with Gasteiger partial charge in [0.15, 0.2) is 6.10 Å². The van der Waals surface area contributed by atoms with Crippen molar-refractivity contribution >= 4 is 83.6 Å². The molecule has 2 saturated carbocycles. The Morgan fingerprint density at radius 3 is 2.22 bits per heavy atom. The number of ether oxygens (including phenoxy) is 1. The summed E-state index contributed by atoms with van der Waals surface area (Å²) in [6.45, 7) is 1.93. The molecule has 0 radical (unpaired) electrons. The number of rotatable bonds is 8. The van der Waals surface area contributed by atoms with Crippen molar-refractivity contribution in [1.29, 1.82) is 0 Å². The third kappa shape index (κ3) is 5.20. The summed E-state index contributed by atoms with van der Waals surface area (Å²) in [4.78, 5) is 60.5. The zero-order valence-electron chi connectivity index (χ0n) is 24.7. The first-order valence-corrected chi connectivity index (χ1v) is 17.6. The molecule has 7 atom stereocenters. The molecule has 7 unspecified atom stereocenters. The molecular weight excluding hydrogens is 736 g/mol. The molecule has 2 aliphatic carbocycles. The number of alkyl halides is 2. The number of pyridine rings is 1. The van der Waals surface area contributed by atoms with Gasteiger partial charge in [0.25, 0.3) is 0 Å². The molecule has 3 fully saturated rings. The summed E-state index contributed by atoms with van der Waals surface area (Å²) in [5.74, 6) is -1.54. The Balaban J connectivity index is 1.19. The average Bonchev–Trinajstić information content (AvgIpc) is 3.68. The molecule has 2 heterocycles. The largest absolute Gasteiger partial charge is 0.450 e. The number of amides is 2. The lowest BCUT2D eigenvalue weighted by Crippen LogP contribution is -2.37. The number of halogens is 3. The van der Waals surface area contributed by atoms with Gasteiger partial charge in [-0.25, -0.2) is 9.78 Å². The second-order valence-electron chi connectivity index (χ2n) is 12.2. The van der Waals surface area contributed by atoms with Crippen LogP contribution in [0.3, 0.4) is 0 Å². The van der Waals surface area contributed by atoms with Crippen LogP contribution in [0.15, 0.2) is 78.9 Å². The number of hydrogen-bond donors (Lipinski definition) is 0. The second kappa shape index (κ2) is 12.3. The fourth-order valence-corrected chi connectivity index (χ4v) is 9.43. The van der Waals surface area contributed by atoms with E-state index in [9.17, 15) is 19.2 Å². The van der Waals surface area contributed by atoms with Crippen LogP contribution in [0.25, 0.3) is 22.2 Å². The van der Waals surface area contributed by atoms with Crippen molar-refractivity contribution < 1.29 is 23.9 Å². The predicted octanol–water partition coefficient (Wildman–Crippen LogP) is 8.05. The van der Waals surface area contributed by atoms with Gasteiger partial charge in [-0.3, -0.25) is 19.3 Å². The van der Waals surface area contributed by atoms with Crippen molar-refractivity contribution in [1.82, 2.24) is 4.98 Å². The standard InChI is InChI=1S/C36H29Br2ClN2O5/c1-2-6-28(33(42)19-7-4-3-5-8-19)46-36(45)23-17-27(40-26-14-11-20(39)15-22(23)26)18-9-12-21(13-10-18)41-34(43)29-24-16-25(30(29)35(41)44)32(38)31(24)37/h3-5,7-15,17,24-25,28-32H,2,6,16H2,1H3. The monoisotopic (exact) mass is 762 g/mol. The Morgan fingerprint density at radius 2 is 1.59 bits per heavy atom. The van der Waals surface area contributed by atoms with E-state index in [2.05, 4.69) is 31.9 Å². The number of carbonyl (C=O) groups is 4. The lowest BCUT2D eigenvalue weighted by Gasteiger charge is -2.28. The van der Waals surface area contributed by atoms with E-state index in [1.165, 1.54) is 4.90 Å². The van der Waals surface area contributed by atoms with E-state index in [0.29, 0.717) is 51.3 Å². The summed E-state index contributed by atoms with van der Waals surface area (Å²) in [5.41, 5.74) is 2.92. The summed E-state index contributed by atoms with van der Waals surface area (Å²) in [6, 6.07) is 22.6. The number of hydrogen-bond acceptors (Lipinski definition) is 6. The first-order chi connectivity index (χ1) is 22.2. The summed E-state index contributed by atoms with van der Waals surface area (Å²) in [7, 11) is 0. The quantitative estimate of drug-likeness (QED) is 0.0781. The SMILES string of the molecule is CCCC(OC(=O)c1cc(-c2ccc(N3C(=O)C4C5CC(C(Br)C5Br)C4C3=O)cc2)nc2ccc(Cl)cc12)C(=O)c1ccccc1. The first-order valence-electron chi connectivity index (χ1n) is 15.3. The van der Waals surface area contributed by atoms with Crippen LogP contribution < -0.4 is 4.90 Å². The Kier molecular flexibility index (Phi) is 8.36. The van der Waals surface area contributed by atoms with Crippen molar-refractivity contribution in [3.05, 3.63) is 95.0 Å². The van der Waals surface area contributed by atoms with Crippen molar-refractivity contribution in [2.75, 3.05) is 4.90 Å². The zero-order valence-corrected chi connectivity index (χ0v) is 28.7. The predicted molar refractivity (Wildman–Crippen MR) is 184 cm³/mol. The number of imide groups is 1. The van der Waals surface area contributed by atoms with E-state index in [-0.39, 0.29) is 56.5 Å². The maximum atomic E-state index is 13.7. The fraction of sp³-hybridized carbons (Fsp3) is 0.306. The highest BCUT2D eigenvalue weighted by Gasteiger charge is 2.66. The van der Waals surface area contributed by atoms with Crippen LogP contribution in [0.5, 0.6) is 0 Å². The van der Waals surface area contributed by atoms with Crippen molar-refractivity contribution in [2.24, 2.45) is 23.7 Å². The summed E-state index contributed by atoms with van der Waals surface area (Å²) < 4.78 is 5.87. The van der Waals surface area contributed by atoms with Crippen LogP contribution in [0.1, 0.15) is 46.9 Å². The molecule has 0 N–H and O–H groups in total. The topological polar surface area (TPSA) is 93.6 Å². The molecule has 7 nitrogen and oxygen atoms in total. The van der Waals surface area contributed by atoms with Gasteiger partial charge in [0.2, 0.25) is 17.6 Å². The van der Waals surface area contributed by atoms with Crippen LogP contribution in [0.4, 0.5) is 5.69 Å². The summed E-state index contributed by atoms with van der Waals surface area (Å²) >= 11 is 13.8. The average molecular weight is 765 g/mol. The fourth-order valence-electron chi connectivity index (χ4n) is 7.39. The number of ketones is 1. The first kappa shape index (κ1) is 31.2. The minimum absolute atomic E-state index is 0.133. The zero-order chi connectivity index (χ0) is 32.3. The van der Waals surface area contributed by atoms with E-state index in [0.717, 1.165) is 6.42 Å². The minimum Gasteiger partial charge on any atom is -0.450 e. The molecule has 3 aromatic carbocycles. The number of Topliss-reactive ketones (excluding diaryl/α,β-unsaturated/α-hetero) is 1. The third-order valence-corrected chi connectivity index (χ3v) is 13.0. The molecule has 7 rings (SSSR count). The smallest absolute Gasteiger partial charge is 0.339 e. The number of benzene rings is 3. The lowest BCUT2D eigenvalue weighted by molar-refractivity contribution is -0.123. The highest BCUT2D eigenvalue weighted by molar-refractivity contribution is 9.12. The summed E-state index contributed by atoms with van der Waals surface area (Å²) in [5, 5.41) is 0.937. The Hall–Kier alpha value is -3.40. The van der Waals surface area contributed by atoms with Gasteiger partial charge in [-0.15, -0.1) is 0 Å². The van der Waals surface area contributed by atoms with E-state index < -0.39 is 12.1 Å². The highest BCUT2D eigenvalue weighted by Crippen LogP contribution is 2.60. The Bertz CT molecular complexity index is 1850. The summed E-state index contributed by atoms with van der Waals surface area (Å²) in [6.07, 6.45) is 0.945. The molecule has 1 saturated heterocycles. The van der Waals surface area contributed by atoms with E-state index >= 15 is 0 Å². The molecule has 2 bridgehead atoms. The number of anilines is 1. The normalized spacial score (nSPS) is 25.6. The molecule has 3 aliphatic rings. The highest BCUT2D eigenvalue weighted by atomic mass is 79.9. The number of fused-ring (bicyclic) bond motifs is 6. The molecule has 4 aromatic rings. The molecule has 234 valence electrons. The third-order valence-electron chi connectivity index (χ3n) is 9.55. The van der Waals surface area contributed by atoms with Crippen molar-refractivity contribution in [3.8, 4) is 11.3 Å². The number of carbonyl (C=O) groups excluding carboxylic acids is 4. The maximum Gasteiger partial charge on any atom is 0.339 e. The van der Waals surface area contributed by atoms with Gasteiger partial charge in [-0.05, 0) is 61.1 Å². The number of aromatic nitrogens is 1. The maximum absolute atomic E-state index is 13.7. The van der Waals surface area contributed by atoms with Crippen molar-refractivity contribution in [2.45, 2.75) is 41.9 Å². The molecular formula is C36H29Br2ClN2O5. The minimum atomic E-state index is -0.949. The van der Waals surface area contributed by atoms with Crippen LogP contribution in [0, 0.1) is 23.7 Å². The van der Waals surface area contributed by atoms with E-state index in [1.54, 1.807) is 72.8 Å². The van der Waals surface area contributed by atoms with Gasteiger partial charge in [0.1, 0.15) is 0 Å². The van der Waals surface area contributed by atoms with Crippen LogP contribution in [-0.4, -0.2) is 44.3 Å². The Labute approximate surface area is 287 Å². The second-order valence-corrected chi connectivity index (χ2v) is 14.7. The molecule has 2 amide bonds. The van der Waals surface area contributed by atoms with Gasteiger partial charge < -0.3 is 4.74 Å². The van der Waals surface area contributed by atoms with Crippen molar-refractivity contribution in [3.63, 3.8) is 0 Å². The van der Waals surface area contributed by atoms with Gasteiger partial charge in [0.05, 0.1) is 34.3 Å². The molecule has 46 heavy (non-hydrogen) atoms. The van der Waals surface area contributed by atoms with Gasteiger partial charge in [0, 0.05) is 31.2 Å². The van der Waals surface area contributed by atoms with E-state index in [1.807, 2.05) is 13.0 Å². The van der Waals surface area contributed by atoms with Crippen LogP contribution in [0.2, 0.25) is 5.02 Å². The molecule has 0 spiro atoms. The number of nitrogens with zero attached hydrogens (tertiary/aromatic N) is 2. The van der Waals surface area contributed by atoms with Gasteiger partial charge in [-0.2, -0.15) is 0 Å².